The normalized spacial score (nSPS) is 12.6. The number of hydrogen-bond donors (Lipinski definition) is 1. The van der Waals surface area contributed by atoms with Crippen LogP contribution in [0.3, 0.4) is 0 Å². The summed E-state index contributed by atoms with van der Waals surface area (Å²) in [6, 6.07) is 16.5. The van der Waals surface area contributed by atoms with Gasteiger partial charge in [-0.1, -0.05) is 18.2 Å². The number of carbonyl (C=O) groups is 1. The van der Waals surface area contributed by atoms with Crippen LogP contribution in [0.15, 0.2) is 75.4 Å². The zero-order valence-corrected chi connectivity index (χ0v) is 18.1. The number of fused-ring (bicyclic) bond motifs is 1. The Balaban J connectivity index is 1.27. The van der Waals surface area contributed by atoms with Crippen molar-refractivity contribution in [1.82, 2.24) is 4.98 Å². The first-order chi connectivity index (χ1) is 15.5. The number of amides is 1. The first-order valence-electron chi connectivity index (χ1n) is 9.51. The molecule has 0 fully saturated rings. The second-order valence-electron chi connectivity index (χ2n) is 6.90. The van der Waals surface area contributed by atoms with Crippen LogP contribution >= 0.6 is 11.3 Å². The fourth-order valence-electron chi connectivity index (χ4n) is 3.15. The van der Waals surface area contributed by atoms with Crippen LogP contribution in [-0.4, -0.2) is 26.1 Å². The predicted molar refractivity (Wildman–Crippen MR) is 118 cm³/mol. The Bertz CT molecular complexity index is 1390. The van der Waals surface area contributed by atoms with Crippen molar-refractivity contribution >= 4 is 32.2 Å². The van der Waals surface area contributed by atoms with Crippen LogP contribution in [0.25, 0.3) is 11.3 Å². The van der Waals surface area contributed by atoms with Crippen LogP contribution in [0.5, 0.6) is 11.5 Å². The van der Waals surface area contributed by atoms with Gasteiger partial charge < -0.3 is 13.9 Å². The number of ether oxygens (including phenoxy) is 2. The molecular weight excluding hydrogens is 452 g/mol. The summed E-state index contributed by atoms with van der Waals surface area (Å²) in [5.74, 6) is 0.660. The highest BCUT2D eigenvalue weighted by Gasteiger charge is 2.20. The number of nitrogens with zero attached hydrogens (tertiary/aromatic N) is 1. The van der Waals surface area contributed by atoms with Crippen molar-refractivity contribution in [3.05, 3.63) is 77.6 Å². The highest BCUT2D eigenvalue weighted by atomic mass is 32.2. The van der Waals surface area contributed by atoms with E-state index in [-0.39, 0.29) is 29.0 Å². The molecule has 3 heterocycles. The molecule has 0 saturated heterocycles. The molecule has 0 saturated carbocycles. The molecule has 1 N–H and O–H groups in total. The van der Waals surface area contributed by atoms with Crippen LogP contribution in [0.1, 0.15) is 16.3 Å². The molecule has 0 spiro atoms. The summed E-state index contributed by atoms with van der Waals surface area (Å²) in [6.07, 6.45) is 0. The third-order valence-corrected chi connectivity index (χ3v) is 7.13. The molecule has 0 aliphatic carbocycles. The van der Waals surface area contributed by atoms with Crippen LogP contribution in [0.2, 0.25) is 0 Å². The molecule has 1 aliphatic heterocycles. The van der Waals surface area contributed by atoms with Crippen molar-refractivity contribution in [3.63, 3.8) is 0 Å². The van der Waals surface area contributed by atoms with Gasteiger partial charge in [0.1, 0.15) is 11.5 Å². The lowest BCUT2D eigenvalue weighted by atomic mass is 10.1. The highest BCUT2D eigenvalue weighted by molar-refractivity contribution is 7.90. The predicted octanol–water partition coefficient (Wildman–Crippen LogP) is 4.36. The van der Waals surface area contributed by atoms with Gasteiger partial charge in [-0.2, -0.15) is 0 Å². The van der Waals surface area contributed by atoms with E-state index in [1.54, 1.807) is 18.2 Å². The standard InChI is InChI=1S/C22H16N2O6S2/c25-21(19-9-7-15(30-19)12-32(26,27)16-4-2-1-3-5-16)24-22-23-17(11-31-22)14-6-8-18-20(10-14)29-13-28-18/h1-11H,12-13H2,(H,23,24,25). The fourth-order valence-corrected chi connectivity index (χ4v) is 5.14. The molecule has 0 atom stereocenters. The Morgan fingerprint density at radius 3 is 2.69 bits per heavy atom. The van der Waals surface area contributed by atoms with E-state index in [1.807, 2.05) is 23.6 Å². The second-order valence-corrected chi connectivity index (χ2v) is 9.75. The van der Waals surface area contributed by atoms with Gasteiger partial charge in [0.2, 0.25) is 6.79 Å². The molecular formula is C22H16N2O6S2. The molecule has 1 amide bonds. The maximum Gasteiger partial charge on any atom is 0.293 e. The number of nitrogens with one attached hydrogen (secondary N) is 1. The number of thiazole rings is 1. The third-order valence-electron chi connectivity index (χ3n) is 4.71. The van der Waals surface area contributed by atoms with E-state index in [9.17, 15) is 13.2 Å². The molecule has 0 radical (unpaired) electrons. The molecule has 162 valence electrons. The van der Waals surface area contributed by atoms with Crippen LogP contribution in [-0.2, 0) is 15.6 Å². The smallest absolute Gasteiger partial charge is 0.293 e. The van der Waals surface area contributed by atoms with Crippen molar-refractivity contribution in [2.24, 2.45) is 0 Å². The highest BCUT2D eigenvalue weighted by Crippen LogP contribution is 2.36. The number of aromatic nitrogens is 1. The Labute approximate surface area is 187 Å². The summed E-state index contributed by atoms with van der Waals surface area (Å²) in [5.41, 5.74) is 1.51. The molecule has 4 aromatic rings. The van der Waals surface area contributed by atoms with Gasteiger partial charge in [0.15, 0.2) is 32.2 Å². The van der Waals surface area contributed by atoms with Gasteiger partial charge in [0.25, 0.3) is 5.91 Å². The largest absolute Gasteiger partial charge is 0.455 e. The third kappa shape index (κ3) is 4.10. The zero-order valence-electron chi connectivity index (χ0n) is 16.5. The molecule has 0 unspecified atom stereocenters. The van der Waals surface area contributed by atoms with Crippen LogP contribution < -0.4 is 14.8 Å². The van der Waals surface area contributed by atoms with Gasteiger partial charge in [0, 0.05) is 10.9 Å². The number of rotatable bonds is 6. The molecule has 32 heavy (non-hydrogen) atoms. The van der Waals surface area contributed by atoms with Crippen molar-refractivity contribution in [2.45, 2.75) is 10.6 Å². The van der Waals surface area contributed by atoms with Gasteiger partial charge in [-0.05, 0) is 42.5 Å². The van der Waals surface area contributed by atoms with Crippen molar-refractivity contribution in [2.75, 3.05) is 12.1 Å². The number of hydrogen-bond acceptors (Lipinski definition) is 8. The Morgan fingerprint density at radius 2 is 1.84 bits per heavy atom. The number of sulfone groups is 1. The first-order valence-corrected chi connectivity index (χ1v) is 12.0. The van der Waals surface area contributed by atoms with Gasteiger partial charge in [-0.3, -0.25) is 10.1 Å². The Hall–Kier alpha value is -3.63. The van der Waals surface area contributed by atoms with Gasteiger partial charge in [-0.25, -0.2) is 13.4 Å². The first kappa shape index (κ1) is 20.3. The lowest BCUT2D eigenvalue weighted by Crippen LogP contribution is -2.10. The van der Waals surface area contributed by atoms with Crippen molar-refractivity contribution in [3.8, 4) is 22.8 Å². The number of benzene rings is 2. The minimum absolute atomic E-state index is 0.00286. The summed E-state index contributed by atoms with van der Waals surface area (Å²) in [7, 11) is -3.57. The quantitative estimate of drug-likeness (QED) is 0.448. The molecule has 8 nitrogen and oxygen atoms in total. The fraction of sp³-hybridized carbons (Fsp3) is 0.0909. The average molecular weight is 469 g/mol. The summed E-state index contributed by atoms with van der Waals surface area (Å²) in [4.78, 5) is 17.2. The summed E-state index contributed by atoms with van der Waals surface area (Å²) >= 11 is 1.26. The van der Waals surface area contributed by atoms with Gasteiger partial charge in [-0.15, -0.1) is 11.3 Å². The minimum atomic E-state index is -3.57. The summed E-state index contributed by atoms with van der Waals surface area (Å²) < 4.78 is 41.2. The van der Waals surface area contributed by atoms with Crippen LogP contribution in [0.4, 0.5) is 5.13 Å². The zero-order chi connectivity index (χ0) is 22.1. The maximum absolute atomic E-state index is 12.5. The summed E-state index contributed by atoms with van der Waals surface area (Å²) in [5, 5.41) is 4.88. The van der Waals surface area contributed by atoms with Crippen molar-refractivity contribution < 1.29 is 27.1 Å². The maximum atomic E-state index is 12.5. The Kier molecular flexibility index (Phi) is 5.16. The number of anilines is 1. The lowest BCUT2D eigenvalue weighted by molar-refractivity contribution is 0.0995. The van der Waals surface area contributed by atoms with Gasteiger partial charge in [0.05, 0.1) is 10.6 Å². The summed E-state index contributed by atoms with van der Waals surface area (Å²) in [6.45, 7) is 0.189. The second kappa shape index (κ2) is 8.13. The minimum Gasteiger partial charge on any atom is -0.455 e. The average Bonchev–Trinajstić information content (AvgIpc) is 3.54. The number of furan rings is 1. The molecule has 1 aliphatic rings. The van der Waals surface area contributed by atoms with E-state index in [1.165, 1.54) is 35.6 Å². The van der Waals surface area contributed by atoms with E-state index < -0.39 is 15.7 Å². The van der Waals surface area contributed by atoms with E-state index >= 15 is 0 Å². The monoisotopic (exact) mass is 468 g/mol. The van der Waals surface area contributed by atoms with E-state index in [0.717, 1.165) is 5.56 Å². The topological polar surface area (TPSA) is 108 Å². The van der Waals surface area contributed by atoms with E-state index in [4.69, 9.17) is 13.9 Å². The SMILES string of the molecule is O=C(Nc1nc(-c2ccc3c(c2)OCO3)cs1)c1ccc(CS(=O)(=O)c2ccccc2)o1. The molecule has 2 aromatic heterocycles. The van der Waals surface area contributed by atoms with E-state index in [2.05, 4.69) is 10.3 Å². The van der Waals surface area contributed by atoms with Crippen molar-refractivity contribution in [1.29, 1.82) is 0 Å². The molecule has 0 bridgehead atoms. The molecule has 10 heteroatoms. The lowest BCUT2D eigenvalue weighted by Gasteiger charge is -2.02. The van der Waals surface area contributed by atoms with Crippen LogP contribution in [0, 0.1) is 0 Å². The van der Waals surface area contributed by atoms with Gasteiger partial charge >= 0.3 is 0 Å². The Morgan fingerprint density at radius 1 is 1.03 bits per heavy atom. The number of carbonyl (C=O) groups excluding carboxylic acids is 1. The molecule has 2 aromatic carbocycles. The molecule has 5 rings (SSSR count). The van der Waals surface area contributed by atoms with E-state index in [0.29, 0.717) is 22.3 Å².